The molecule has 3 N–H and O–H groups in total. The highest BCUT2D eigenvalue weighted by Gasteiger charge is 2.07. The Labute approximate surface area is 144 Å². The van der Waals surface area contributed by atoms with Gasteiger partial charge in [0.25, 0.3) is 0 Å². The van der Waals surface area contributed by atoms with Crippen molar-refractivity contribution in [2.45, 2.75) is 47.5 Å². The lowest BCUT2D eigenvalue weighted by Gasteiger charge is -2.07. The predicted octanol–water partition coefficient (Wildman–Crippen LogP) is 1.67. The number of carbonyl (C=O) groups is 2. The van der Waals surface area contributed by atoms with Crippen molar-refractivity contribution >= 4 is 27.5 Å². The van der Waals surface area contributed by atoms with Gasteiger partial charge in [0.05, 0.1) is 5.92 Å². The van der Waals surface area contributed by atoms with E-state index in [9.17, 15) is 13.8 Å². The van der Waals surface area contributed by atoms with E-state index in [1.165, 1.54) is 12.6 Å². The number of aromatic amines is 1. The van der Waals surface area contributed by atoms with Crippen molar-refractivity contribution in [3.63, 3.8) is 0 Å². The second-order valence-corrected chi connectivity index (χ2v) is 8.36. The van der Waals surface area contributed by atoms with E-state index in [0.29, 0.717) is 5.92 Å². The summed E-state index contributed by atoms with van der Waals surface area (Å²) in [7, 11) is -2.37. The van der Waals surface area contributed by atoms with Crippen LogP contribution in [0.4, 0.5) is 0 Å². The molecule has 1 atom stereocenters. The number of hydrogen-bond acceptors (Lipinski definition) is 5. The molecule has 0 aliphatic carbocycles. The number of aliphatic carboxylic acids is 1. The quantitative estimate of drug-likeness (QED) is 0.700. The summed E-state index contributed by atoms with van der Waals surface area (Å²) in [6.45, 7) is 10.9. The van der Waals surface area contributed by atoms with Crippen LogP contribution in [0.25, 0.3) is 0 Å². The summed E-state index contributed by atoms with van der Waals surface area (Å²) in [4.78, 5) is 24.5. The number of amides is 1. The first-order valence-electron chi connectivity index (χ1n) is 7.49. The summed E-state index contributed by atoms with van der Waals surface area (Å²) >= 11 is 0. The molecular weight excluding hydrogens is 332 g/mol. The SMILES string of the molecule is C=S(C)(=O)NC(=O)C(C)C.CC(C)C(=O)O.CC(C)c1ncn[nH]1. The second kappa shape index (κ2) is 11.6. The highest BCUT2D eigenvalue weighted by Crippen LogP contribution is 2.04. The van der Waals surface area contributed by atoms with Gasteiger partial charge in [-0.2, -0.15) is 5.10 Å². The van der Waals surface area contributed by atoms with Crippen molar-refractivity contribution in [1.29, 1.82) is 0 Å². The van der Waals surface area contributed by atoms with Crippen molar-refractivity contribution in [2.24, 2.45) is 11.8 Å². The van der Waals surface area contributed by atoms with Crippen LogP contribution in [0, 0.1) is 11.8 Å². The summed E-state index contributed by atoms with van der Waals surface area (Å²) < 4.78 is 13.2. The van der Waals surface area contributed by atoms with Crippen molar-refractivity contribution in [3.8, 4) is 0 Å². The van der Waals surface area contributed by atoms with E-state index in [2.05, 4.69) is 39.6 Å². The fourth-order valence-electron chi connectivity index (χ4n) is 0.824. The number of H-pyrrole nitrogens is 1. The first-order chi connectivity index (χ1) is 10.8. The number of aromatic nitrogens is 3. The zero-order valence-electron chi connectivity index (χ0n) is 15.5. The minimum atomic E-state index is -2.37. The van der Waals surface area contributed by atoms with Gasteiger partial charge in [-0.1, -0.05) is 41.5 Å². The fourth-order valence-corrected chi connectivity index (χ4v) is 1.49. The summed E-state index contributed by atoms with van der Waals surface area (Å²) in [5.74, 6) is 3.37. The zero-order chi connectivity index (χ0) is 19.5. The minimum Gasteiger partial charge on any atom is -0.481 e. The van der Waals surface area contributed by atoms with Crippen molar-refractivity contribution < 1.29 is 18.9 Å². The first kappa shape index (κ1) is 24.4. The van der Waals surface area contributed by atoms with Gasteiger partial charge in [-0.3, -0.25) is 19.4 Å². The van der Waals surface area contributed by atoms with E-state index >= 15 is 0 Å². The van der Waals surface area contributed by atoms with E-state index in [4.69, 9.17) is 5.11 Å². The van der Waals surface area contributed by atoms with Crippen LogP contribution < -0.4 is 4.72 Å². The van der Waals surface area contributed by atoms with Gasteiger partial charge in [-0.15, -0.1) is 0 Å². The van der Waals surface area contributed by atoms with Crippen LogP contribution in [0.1, 0.15) is 53.3 Å². The Morgan fingerprint density at radius 3 is 1.79 bits per heavy atom. The van der Waals surface area contributed by atoms with Gasteiger partial charge in [-0.25, -0.2) is 9.19 Å². The van der Waals surface area contributed by atoms with Gasteiger partial charge >= 0.3 is 5.97 Å². The summed E-state index contributed by atoms with van der Waals surface area (Å²) in [6.07, 6.45) is 2.92. The van der Waals surface area contributed by atoms with Gasteiger partial charge in [-0.05, 0) is 5.87 Å². The van der Waals surface area contributed by atoms with Crippen LogP contribution in [0.15, 0.2) is 6.33 Å². The maximum Gasteiger partial charge on any atom is 0.305 e. The van der Waals surface area contributed by atoms with Crippen LogP contribution in [-0.4, -0.2) is 48.5 Å². The van der Waals surface area contributed by atoms with Crippen LogP contribution in [0.2, 0.25) is 0 Å². The third-order valence-corrected chi connectivity index (χ3v) is 2.95. The zero-order valence-corrected chi connectivity index (χ0v) is 16.3. The van der Waals surface area contributed by atoms with Gasteiger partial charge in [0.2, 0.25) is 5.91 Å². The molecule has 0 aliphatic heterocycles. The highest BCUT2D eigenvalue weighted by molar-refractivity contribution is 7.98. The Morgan fingerprint density at radius 1 is 1.21 bits per heavy atom. The van der Waals surface area contributed by atoms with Crippen LogP contribution in [-0.2, 0) is 19.3 Å². The maximum atomic E-state index is 10.9. The molecule has 0 saturated heterocycles. The van der Waals surface area contributed by atoms with Crippen LogP contribution in [0.3, 0.4) is 0 Å². The molecule has 0 aromatic carbocycles. The van der Waals surface area contributed by atoms with Gasteiger partial charge in [0.15, 0.2) is 0 Å². The van der Waals surface area contributed by atoms with Crippen molar-refractivity contribution in [2.75, 3.05) is 6.26 Å². The molecule has 1 aromatic rings. The Hall–Kier alpha value is -1.90. The molecule has 0 aliphatic rings. The van der Waals surface area contributed by atoms with E-state index in [-0.39, 0.29) is 17.7 Å². The first-order valence-corrected chi connectivity index (χ1v) is 9.63. The Bertz CT molecular complexity index is 579. The molecule has 140 valence electrons. The molecule has 0 bridgehead atoms. The molecule has 1 unspecified atom stereocenters. The number of nitrogens with one attached hydrogen (secondary N) is 2. The van der Waals surface area contributed by atoms with Crippen LogP contribution in [0.5, 0.6) is 0 Å². The van der Waals surface area contributed by atoms with Crippen LogP contribution >= 0.6 is 0 Å². The number of rotatable bonds is 4. The molecule has 1 heterocycles. The molecule has 9 heteroatoms. The average molecular weight is 362 g/mol. The third kappa shape index (κ3) is 15.0. The molecule has 0 spiro atoms. The maximum absolute atomic E-state index is 10.9. The largest absolute Gasteiger partial charge is 0.481 e. The molecule has 24 heavy (non-hydrogen) atoms. The summed E-state index contributed by atoms with van der Waals surface area (Å²) in [5.41, 5.74) is 0. The Balaban J connectivity index is 0. The van der Waals surface area contributed by atoms with Crippen molar-refractivity contribution in [3.05, 3.63) is 12.2 Å². The van der Waals surface area contributed by atoms with E-state index in [1.54, 1.807) is 27.7 Å². The Morgan fingerprint density at radius 2 is 1.67 bits per heavy atom. The smallest absolute Gasteiger partial charge is 0.305 e. The predicted molar refractivity (Wildman–Crippen MR) is 97.1 cm³/mol. The van der Waals surface area contributed by atoms with Gasteiger partial charge < -0.3 is 5.11 Å². The molecule has 0 radical (unpaired) electrons. The van der Waals surface area contributed by atoms with Gasteiger partial charge in [0.1, 0.15) is 12.2 Å². The lowest BCUT2D eigenvalue weighted by molar-refractivity contribution is -0.140. The average Bonchev–Trinajstić information content (AvgIpc) is 2.91. The molecule has 0 fully saturated rings. The molecule has 1 amide bonds. The lowest BCUT2D eigenvalue weighted by atomic mass is 10.2. The Kier molecular flexibility index (Phi) is 11.8. The fraction of sp³-hybridized carbons (Fsp3) is 0.667. The highest BCUT2D eigenvalue weighted by atomic mass is 32.2. The molecule has 1 rings (SSSR count). The number of carboxylic acids is 1. The van der Waals surface area contributed by atoms with E-state index in [0.717, 1.165) is 5.82 Å². The van der Waals surface area contributed by atoms with E-state index < -0.39 is 15.7 Å². The normalized spacial score (nSPS) is 12.6. The summed E-state index contributed by atoms with van der Waals surface area (Å²) in [6, 6.07) is 0. The molecule has 8 nitrogen and oxygen atoms in total. The standard InChI is InChI=1S/C6H13NO2S.C5H9N3.C4H8O2/c1-5(2)6(8)7-10(3,4)9;1-4(2)5-6-3-7-8-5;1-3(2)4(5)6/h5H,3H2,1-2,4H3,(H,7,8,9);3-4H,1-2H3,(H,6,7,8);3H,1-2H3,(H,5,6). The lowest BCUT2D eigenvalue weighted by Crippen LogP contribution is -2.32. The monoisotopic (exact) mass is 362 g/mol. The third-order valence-electron chi connectivity index (χ3n) is 2.32. The molecule has 1 aromatic heterocycles. The molecule has 0 saturated carbocycles. The molecular formula is C15H30N4O4S. The summed E-state index contributed by atoms with van der Waals surface area (Å²) in [5, 5.41) is 14.5. The number of nitrogens with zero attached hydrogens (tertiary/aromatic N) is 2. The minimum absolute atomic E-state index is 0.137. The van der Waals surface area contributed by atoms with Gasteiger partial charge in [0, 0.05) is 27.8 Å². The topological polar surface area (TPSA) is 125 Å². The van der Waals surface area contributed by atoms with Crippen molar-refractivity contribution in [1.82, 2.24) is 19.9 Å². The second-order valence-electron chi connectivity index (χ2n) is 6.14. The number of carboxylic acid groups (broad SMARTS) is 1. The number of carbonyl (C=O) groups excluding carboxylic acids is 1. The van der Waals surface area contributed by atoms with E-state index in [1.807, 2.05) is 0 Å². The number of hydrogen-bond donors (Lipinski definition) is 3.